The average Bonchev–Trinajstić information content (AvgIpc) is 2.60. The quantitative estimate of drug-likeness (QED) is 0.500. The highest BCUT2D eigenvalue weighted by Gasteiger charge is 2.40. The van der Waals surface area contributed by atoms with Crippen molar-refractivity contribution in [1.29, 1.82) is 0 Å². The number of Topliss-reactive ketones (excluding diaryl/α,β-unsaturated/α-hetero) is 1. The SMILES string of the molecule is CCCCCCOc1ccc2c(c1)C(=O)C(C(=O)NCC(=O)O)C(=O)S2. The number of carboxylic acids is 1. The molecule has 0 spiro atoms. The minimum absolute atomic E-state index is 0.246. The number of nitrogens with one attached hydrogen (secondary N) is 1. The minimum atomic E-state index is -1.54. The number of hydrogen-bond acceptors (Lipinski definition) is 6. The molecule has 2 N–H and O–H groups in total. The lowest BCUT2D eigenvalue weighted by Crippen LogP contribution is -2.42. The molecular formula is C18H21NO6S. The van der Waals surface area contributed by atoms with Crippen molar-refractivity contribution in [2.24, 2.45) is 5.92 Å². The molecule has 0 saturated carbocycles. The summed E-state index contributed by atoms with van der Waals surface area (Å²) in [6, 6.07) is 4.86. The van der Waals surface area contributed by atoms with Crippen LogP contribution in [0.25, 0.3) is 0 Å². The second kappa shape index (κ2) is 9.38. The lowest BCUT2D eigenvalue weighted by Gasteiger charge is -2.21. The van der Waals surface area contributed by atoms with Crippen molar-refractivity contribution >= 4 is 34.5 Å². The van der Waals surface area contributed by atoms with Crippen LogP contribution in [0.2, 0.25) is 0 Å². The van der Waals surface area contributed by atoms with Gasteiger partial charge in [-0.3, -0.25) is 19.2 Å². The van der Waals surface area contributed by atoms with Gasteiger partial charge in [0.25, 0.3) is 0 Å². The molecule has 0 radical (unpaired) electrons. The fourth-order valence-electron chi connectivity index (χ4n) is 2.52. The first-order chi connectivity index (χ1) is 12.4. The number of thioether (sulfide) groups is 1. The minimum Gasteiger partial charge on any atom is -0.494 e. The molecule has 7 nitrogen and oxygen atoms in total. The Kier molecular flexibility index (Phi) is 7.20. The molecule has 1 aliphatic rings. The van der Waals surface area contributed by atoms with E-state index < -0.39 is 35.2 Å². The van der Waals surface area contributed by atoms with Gasteiger partial charge in [0, 0.05) is 10.5 Å². The normalized spacial score (nSPS) is 16.1. The number of rotatable bonds is 9. The van der Waals surface area contributed by atoms with Crippen molar-refractivity contribution in [2.75, 3.05) is 13.2 Å². The third-order valence-electron chi connectivity index (χ3n) is 3.87. The van der Waals surface area contributed by atoms with Crippen molar-refractivity contribution < 1.29 is 29.0 Å². The molecule has 26 heavy (non-hydrogen) atoms. The Balaban J connectivity index is 2.08. The van der Waals surface area contributed by atoms with Gasteiger partial charge in [0.05, 0.1) is 6.61 Å². The largest absolute Gasteiger partial charge is 0.494 e. The Hall–Kier alpha value is -2.35. The molecule has 2 rings (SSSR count). The number of hydrogen-bond donors (Lipinski definition) is 2. The van der Waals surface area contributed by atoms with Crippen molar-refractivity contribution in [3.63, 3.8) is 0 Å². The molecule has 1 aromatic carbocycles. The Bertz CT molecular complexity index is 718. The summed E-state index contributed by atoms with van der Waals surface area (Å²) in [6.07, 6.45) is 4.24. The lowest BCUT2D eigenvalue weighted by molar-refractivity contribution is -0.139. The standard InChI is InChI=1S/C18H21NO6S/c1-2-3-4-5-8-25-11-6-7-13-12(9-11)16(22)15(18(24)26-13)17(23)19-10-14(20)21/h6-7,9,15H,2-5,8,10H2,1H3,(H,19,23)(H,20,21). The molecule has 0 aromatic heterocycles. The maximum Gasteiger partial charge on any atom is 0.322 e. The van der Waals surface area contributed by atoms with Crippen LogP contribution in [0.5, 0.6) is 5.75 Å². The van der Waals surface area contributed by atoms with Gasteiger partial charge >= 0.3 is 5.97 Å². The van der Waals surface area contributed by atoms with Crippen LogP contribution in [0.1, 0.15) is 43.0 Å². The molecule has 1 heterocycles. The van der Waals surface area contributed by atoms with Gasteiger partial charge in [0.15, 0.2) is 11.7 Å². The first kappa shape index (κ1) is 20.0. The molecule has 1 aromatic rings. The number of benzene rings is 1. The molecule has 1 unspecified atom stereocenters. The number of carboxylic acid groups (broad SMARTS) is 1. The number of unbranched alkanes of at least 4 members (excludes halogenated alkanes) is 3. The Morgan fingerprint density at radius 3 is 2.69 bits per heavy atom. The predicted molar refractivity (Wildman–Crippen MR) is 95.4 cm³/mol. The number of ether oxygens (including phenoxy) is 1. The number of ketones is 1. The lowest BCUT2D eigenvalue weighted by atomic mass is 9.97. The van der Waals surface area contributed by atoms with Gasteiger partial charge in [0.2, 0.25) is 11.0 Å². The van der Waals surface area contributed by atoms with Crippen molar-refractivity contribution in [3.05, 3.63) is 23.8 Å². The summed E-state index contributed by atoms with van der Waals surface area (Å²) in [6.45, 7) is 2.01. The maximum atomic E-state index is 12.6. The smallest absolute Gasteiger partial charge is 0.322 e. The zero-order valence-electron chi connectivity index (χ0n) is 14.4. The van der Waals surface area contributed by atoms with Crippen LogP contribution >= 0.6 is 11.8 Å². The molecular weight excluding hydrogens is 358 g/mol. The summed E-state index contributed by atoms with van der Waals surface area (Å²) >= 11 is 0.806. The third kappa shape index (κ3) is 5.08. The van der Waals surface area contributed by atoms with E-state index in [0.29, 0.717) is 17.3 Å². The van der Waals surface area contributed by atoms with Crippen molar-refractivity contribution in [2.45, 2.75) is 37.5 Å². The van der Waals surface area contributed by atoms with Crippen LogP contribution in [0.4, 0.5) is 0 Å². The molecule has 1 atom stereocenters. The summed E-state index contributed by atoms with van der Waals surface area (Å²) < 4.78 is 5.64. The Morgan fingerprint density at radius 2 is 2.00 bits per heavy atom. The van der Waals surface area contributed by atoms with E-state index in [0.717, 1.165) is 37.4 Å². The summed E-state index contributed by atoms with van der Waals surface area (Å²) in [5.74, 6) is -3.81. The summed E-state index contributed by atoms with van der Waals surface area (Å²) in [4.78, 5) is 47.8. The summed E-state index contributed by atoms with van der Waals surface area (Å²) in [7, 11) is 0. The fraction of sp³-hybridized carbons (Fsp3) is 0.444. The van der Waals surface area contributed by atoms with Gasteiger partial charge in [-0.2, -0.15) is 0 Å². The predicted octanol–water partition coefficient (Wildman–Crippen LogP) is 2.28. The van der Waals surface area contributed by atoms with Gasteiger partial charge in [-0.15, -0.1) is 0 Å². The summed E-state index contributed by atoms with van der Waals surface area (Å²) in [5.41, 5.74) is 0.246. The van der Waals surface area contributed by atoms with E-state index in [1.54, 1.807) is 12.1 Å². The van der Waals surface area contributed by atoms with Crippen LogP contribution < -0.4 is 10.1 Å². The van der Waals surface area contributed by atoms with E-state index in [1.165, 1.54) is 6.07 Å². The van der Waals surface area contributed by atoms with Gasteiger partial charge in [0.1, 0.15) is 12.3 Å². The molecule has 1 aliphatic heterocycles. The zero-order valence-corrected chi connectivity index (χ0v) is 15.3. The number of carbonyl (C=O) groups excluding carboxylic acids is 3. The highest BCUT2D eigenvalue weighted by atomic mass is 32.2. The third-order valence-corrected chi connectivity index (χ3v) is 4.88. The average molecular weight is 379 g/mol. The highest BCUT2D eigenvalue weighted by molar-refractivity contribution is 8.14. The van der Waals surface area contributed by atoms with Gasteiger partial charge in [-0.25, -0.2) is 0 Å². The van der Waals surface area contributed by atoms with E-state index in [9.17, 15) is 19.2 Å². The zero-order chi connectivity index (χ0) is 19.1. The van der Waals surface area contributed by atoms with E-state index in [1.807, 2.05) is 0 Å². The Labute approximate surface area is 155 Å². The molecule has 0 saturated heterocycles. The molecule has 0 fully saturated rings. The van der Waals surface area contributed by atoms with Crippen LogP contribution in [-0.4, -0.2) is 41.0 Å². The first-order valence-electron chi connectivity index (χ1n) is 8.46. The maximum absolute atomic E-state index is 12.6. The molecule has 140 valence electrons. The number of carbonyl (C=O) groups is 4. The van der Waals surface area contributed by atoms with E-state index in [-0.39, 0.29) is 5.56 Å². The molecule has 8 heteroatoms. The second-order valence-electron chi connectivity index (χ2n) is 5.90. The first-order valence-corrected chi connectivity index (χ1v) is 9.28. The summed E-state index contributed by atoms with van der Waals surface area (Å²) in [5, 5.41) is 10.1. The molecule has 0 aliphatic carbocycles. The van der Waals surface area contributed by atoms with Gasteiger partial charge < -0.3 is 15.2 Å². The van der Waals surface area contributed by atoms with Crippen molar-refractivity contribution in [1.82, 2.24) is 5.32 Å². The van der Waals surface area contributed by atoms with Crippen molar-refractivity contribution in [3.8, 4) is 5.75 Å². The van der Waals surface area contributed by atoms with Gasteiger partial charge in [-0.1, -0.05) is 26.2 Å². The number of amides is 1. The van der Waals surface area contributed by atoms with Crippen LogP contribution in [0.15, 0.2) is 23.1 Å². The Morgan fingerprint density at radius 1 is 1.23 bits per heavy atom. The van der Waals surface area contributed by atoms with E-state index >= 15 is 0 Å². The van der Waals surface area contributed by atoms with E-state index in [4.69, 9.17) is 9.84 Å². The number of aliphatic carboxylic acids is 1. The van der Waals surface area contributed by atoms with Crippen LogP contribution in [-0.2, 0) is 14.4 Å². The van der Waals surface area contributed by atoms with E-state index in [2.05, 4.69) is 12.2 Å². The molecule has 1 amide bonds. The number of fused-ring (bicyclic) bond motifs is 1. The highest BCUT2D eigenvalue weighted by Crippen LogP contribution is 2.36. The fourth-order valence-corrected chi connectivity index (χ4v) is 3.47. The second-order valence-corrected chi connectivity index (χ2v) is 6.94. The van der Waals surface area contributed by atoms with Crippen LogP contribution in [0, 0.1) is 5.92 Å². The van der Waals surface area contributed by atoms with Crippen LogP contribution in [0.3, 0.4) is 0 Å². The topological polar surface area (TPSA) is 110 Å². The monoisotopic (exact) mass is 379 g/mol. The molecule has 0 bridgehead atoms. The van der Waals surface area contributed by atoms with Gasteiger partial charge in [-0.05, 0) is 36.4 Å².